The second-order valence-electron chi connectivity index (χ2n) is 3.51. The van der Waals surface area contributed by atoms with Crippen LogP contribution in [0.15, 0.2) is 5.11 Å². The van der Waals surface area contributed by atoms with Crippen molar-refractivity contribution in [3.05, 3.63) is 10.4 Å². The molecular weight excluding hydrogens is 202 g/mol. The van der Waals surface area contributed by atoms with E-state index in [0.717, 1.165) is 0 Å². The second-order valence-corrected chi connectivity index (χ2v) is 3.51. The minimum absolute atomic E-state index is 0.0576. The smallest absolute Gasteiger partial charge is 0.111 e. The lowest BCUT2D eigenvalue weighted by Gasteiger charge is -2.40. The van der Waals surface area contributed by atoms with Crippen molar-refractivity contribution in [1.29, 1.82) is 0 Å². The monoisotopic (exact) mass is 217 g/mol. The van der Waals surface area contributed by atoms with Crippen LogP contribution in [-0.4, -0.2) is 52.4 Å². The largest absolute Gasteiger partial charge is 0.388 e. The van der Waals surface area contributed by atoms with Gasteiger partial charge in [-0.1, -0.05) is 12.0 Å². The maximum absolute atomic E-state index is 9.53. The summed E-state index contributed by atoms with van der Waals surface area (Å²) in [7, 11) is 0. The van der Waals surface area contributed by atoms with Gasteiger partial charge >= 0.3 is 0 Å². The van der Waals surface area contributed by atoms with Gasteiger partial charge in [0.05, 0.1) is 18.8 Å². The van der Waals surface area contributed by atoms with Crippen molar-refractivity contribution < 1.29 is 20.1 Å². The van der Waals surface area contributed by atoms with Crippen molar-refractivity contribution in [3.8, 4) is 0 Å². The van der Waals surface area contributed by atoms with Crippen LogP contribution in [0, 0.1) is 0 Å². The fourth-order valence-electron chi connectivity index (χ4n) is 1.63. The average Bonchev–Trinajstić information content (AvgIpc) is 2.25. The predicted octanol–water partition coefficient (Wildman–Crippen LogP) is -0.443. The first-order chi connectivity index (χ1) is 7.11. The molecule has 0 amide bonds. The number of rotatable bonds is 3. The Morgan fingerprint density at radius 3 is 2.33 bits per heavy atom. The SMILES string of the molecule is CCC1OC(CN=[N+]=[N-])C(O)C(O)C1O. The molecule has 1 aliphatic rings. The van der Waals surface area contributed by atoms with Crippen molar-refractivity contribution in [1.82, 2.24) is 0 Å². The summed E-state index contributed by atoms with van der Waals surface area (Å²) in [5.74, 6) is 0. The third kappa shape index (κ3) is 2.58. The van der Waals surface area contributed by atoms with Crippen molar-refractivity contribution in [2.45, 2.75) is 43.9 Å². The van der Waals surface area contributed by atoms with Gasteiger partial charge in [-0.05, 0) is 12.0 Å². The maximum Gasteiger partial charge on any atom is 0.111 e. The number of hydrogen-bond acceptors (Lipinski definition) is 5. The molecule has 0 bridgehead atoms. The quantitative estimate of drug-likeness (QED) is 0.337. The number of nitrogens with zero attached hydrogens (tertiary/aromatic N) is 3. The third-order valence-electron chi connectivity index (χ3n) is 2.54. The van der Waals surface area contributed by atoms with Gasteiger partial charge < -0.3 is 20.1 Å². The summed E-state index contributed by atoms with van der Waals surface area (Å²) in [5, 5.41) is 31.8. The summed E-state index contributed by atoms with van der Waals surface area (Å²) < 4.78 is 5.31. The van der Waals surface area contributed by atoms with Crippen LogP contribution in [0.2, 0.25) is 0 Å². The second kappa shape index (κ2) is 5.29. The third-order valence-corrected chi connectivity index (χ3v) is 2.54. The summed E-state index contributed by atoms with van der Waals surface area (Å²) in [4.78, 5) is 2.55. The van der Waals surface area contributed by atoms with Gasteiger partial charge in [-0.15, -0.1) is 0 Å². The molecule has 0 aromatic heterocycles. The van der Waals surface area contributed by atoms with Gasteiger partial charge in [0.15, 0.2) is 0 Å². The van der Waals surface area contributed by atoms with Crippen LogP contribution in [0.3, 0.4) is 0 Å². The molecule has 5 atom stereocenters. The molecule has 7 nitrogen and oxygen atoms in total. The Labute approximate surface area is 86.9 Å². The molecule has 1 rings (SSSR count). The fourth-order valence-corrected chi connectivity index (χ4v) is 1.63. The number of hydrogen-bond donors (Lipinski definition) is 3. The van der Waals surface area contributed by atoms with Crippen LogP contribution < -0.4 is 0 Å². The Kier molecular flexibility index (Phi) is 4.31. The molecule has 0 aliphatic carbocycles. The average molecular weight is 217 g/mol. The van der Waals surface area contributed by atoms with E-state index in [9.17, 15) is 15.3 Å². The van der Waals surface area contributed by atoms with E-state index in [-0.39, 0.29) is 6.54 Å². The van der Waals surface area contributed by atoms with E-state index >= 15 is 0 Å². The van der Waals surface area contributed by atoms with Gasteiger partial charge in [-0.25, -0.2) is 0 Å². The van der Waals surface area contributed by atoms with Crippen LogP contribution in [-0.2, 0) is 4.74 Å². The summed E-state index contributed by atoms with van der Waals surface area (Å²) in [6.07, 6.45) is -4.38. The number of aliphatic hydroxyl groups is 3. The lowest BCUT2D eigenvalue weighted by atomic mass is 9.94. The molecule has 1 fully saturated rings. The zero-order chi connectivity index (χ0) is 11.4. The first-order valence-electron chi connectivity index (χ1n) is 4.82. The Morgan fingerprint density at radius 1 is 1.20 bits per heavy atom. The molecular formula is C8H15N3O4. The first-order valence-corrected chi connectivity index (χ1v) is 4.82. The number of ether oxygens (including phenoxy) is 1. The molecule has 0 saturated carbocycles. The van der Waals surface area contributed by atoms with Crippen molar-refractivity contribution >= 4 is 0 Å². The molecule has 0 aromatic rings. The standard InChI is InChI=1S/C8H15N3O4/c1-2-4-6(12)8(14)7(13)5(15-4)3-10-11-9/h4-8,12-14H,2-3H2,1H3. The van der Waals surface area contributed by atoms with E-state index in [1.807, 2.05) is 0 Å². The van der Waals surface area contributed by atoms with Gasteiger partial charge in [0.1, 0.15) is 18.3 Å². The van der Waals surface area contributed by atoms with Gasteiger partial charge in [-0.3, -0.25) is 0 Å². The molecule has 1 aliphatic heterocycles. The topological polar surface area (TPSA) is 119 Å². The van der Waals surface area contributed by atoms with Crippen molar-refractivity contribution in [2.75, 3.05) is 6.54 Å². The molecule has 0 radical (unpaired) electrons. The van der Waals surface area contributed by atoms with Crippen molar-refractivity contribution in [3.63, 3.8) is 0 Å². The highest BCUT2D eigenvalue weighted by Crippen LogP contribution is 2.23. The zero-order valence-electron chi connectivity index (χ0n) is 8.39. The summed E-state index contributed by atoms with van der Waals surface area (Å²) in [6, 6.07) is 0. The molecule has 86 valence electrons. The van der Waals surface area contributed by atoms with Gasteiger partial charge in [-0.2, -0.15) is 0 Å². The Morgan fingerprint density at radius 2 is 1.80 bits per heavy atom. The highest BCUT2D eigenvalue weighted by molar-refractivity contribution is 4.92. The lowest BCUT2D eigenvalue weighted by molar-refractivity contribution is -0.219. The van der Waals surface area contributed by atoms with E-state index in [4.69, 9.17) is 10.3 Å². The summed E-state index contributed by atoms with van der Waals surface area (Å²) in [5.41, 5.74) is 8.13. The van der Waals surface area contributed by atoms with Crippen LogP contribution in [0.25, 0.3) is 10.4 Å². The minimum Gasteiger partial charge on any atom is -0.388 e. The van der Waals surface area contributed by atoms with Crippen LogP contribution in [0.4, 0.5) is 0 Å². The lowest BCUT2D eigenvalue weighted by Crippen LogP contribution is -2.58. The summed E-state index contributed by atoms with van der Waals surface area (Å²) in [6.45, 7) is 1.74. The molecule has 7 heteroatoms. The highest BCUT2D eigenvalue weighted by atomic mass is 16.5. The van der Waals surface area contributed by atoms with Crippen LogP contribution in [0.5, 0.6) is 0 Å². The zero-order valence-corrected chi connectivity index (χ0v) is 8.39. The molecule has 3 N–H and O–H groups in total. The normalized spacial score (nSPS) is 40.9. The predicted molar refractivity (Wildman–Crippen MR) is 51.0 cm³/mol. The first kappa shape index (κ1) is 12.2. The van der Waals surface area contributed by atoms with Gasteiger partial charge in [0.25, 0.3) is 0 Å². The van der Waals surface area contributed by atoms with Crippen LogP contribution >= 0.6 is 0 Å². The van der Waals surface area contributed by atoms with Gasteiger partial charge in [0.2, 0.25) is 0 Å². The molecule has 1 heterocycles. The van der Waals surface area contributed by atoms with Crippen molar-refractivity contribution in [2.24, 2.45) is 5.11 Å². The molecule has 15 heavy (non-hydrogen) atoms. The van der Waals surface area contributed by atoms with E-state index in [1.54, 1.807) is 6.92 Å². The molecule has 5 unspecified atom stereocenters. The number of azide groups is 1. The maximum atomic E-state index is 9.53. The Balaban J connectivity index is 2.69. The molecule has 1 saturated heterocycles. The highest BCUT2D eigenvalue weighted by Gasteiger charge is 2.42. The fraction of sp³-hybridized carbons (Fsp3) is 1.00. The Bertz CT molecular complexity index is 254. The van der Waals surface area contributed by atoms with E-state index < -0.39 is 30.5 Å². The molecule has 0 spiro atoms. The van der Waals surface area contributed by atoms with Gasteiger partial charge in [0, 0.05) is 4.91 Å². The minimum atomic E-state index is -1.26. The van der Waals surface area contributed by atoms with Crippen LogP contribution in [0.1, 0.15) is 13.3 Å². The molecule has 0 aromatic carbocycles. The number of aliphatic hydroxyl groups excluding tert-OH is 3. The Hall–Kier alpha value is -0.850. The van der Waals surface area contributed by atoms with E-state index in [0.29, 0.717) is 6.42 Å². The summed E-state index contributed by atoms with van der Waals surface area (Å²) >= 11 is 0. The van der Waals surface area contributed by atoms with E-state index in [1.165, 1.54) is 0 Å². The van der Waals surface area contributed by atoms with E-state index in [2.05, 4.69) is 10.0 Å².